The molecule has 1 fully saturated rings. The summed E-state index contributed by atoms with van der Waals surface area (Å²) in [7, 11) is 3.56. The lowest BCUT2D eigenvalue weighted by Crippen LogP contribution is -2.53. The molecule has 7 nitrogen and oxygen atoms in total. The highest BCUT2D eigenvalue weighted by atomic mass is 16.5. The molecule has 3 unspecified atom stereocenters. The zero-order chi connectivity index (χ0) is 15.1. The SMILES string of the molecule is COCCC(NC(=O)NC1CCN(C)C(C)C1)C(=O)O. The molecule has 7 heteroatoms. The van der Waals surface area contributed by atoms with Gasteiger partial charge >= 0.3 is 12.0 Å². The Labute approximate surface area is 119 Å². The number of carbonyl (C=O) groups excluding carboxylic acids is 1. The van der Waals surface area contributed by atoms with Crippen LogP contribution in [0, 0.1) is 0 Å². The van der Waals surface area contributed by atoms with Crippen LogP contribution in [-0.2, 0) is 9.53 Å². The Kier molecular flexibility index (Phi) is 6.74. The highest BCUT2D eigenvalue weighted by molar-refractivity contribution is 5.82. The number of urea groups is 1. The third-order valence-corrected chi connectivity index (χ3v) is 3.76. The summed E-state index contributed by atoms with van der Waals surface area (Å²) in [5.41, 5.74) is 0. The van der Waals surface area contributed by atoms with Crippen LogP contribution in [0.5, 0.6) is 0 Å². The van der Waals surface area contributed by atoms with Crippen LogP contribution in [-0.4, -0.2) is 67.4 Å². The highest BCUT2D eigenvalue weighted by Gasteiger charge is 2.25. The minimum absolute atomic E-state index is 0.0954. The molecule has 0 radical (unpaired) electrons. The lowest BCUT2D eigenvalue weighted by molar-refractivity contribution is -0.139. The number of nitrogens with zero attached hydrogens (tertiary/aromatic N) is 1. The van der Waals surface area contributed by atoms with E-state index in [2.05, 4.69) is 29.5 Å². The van der Waals surface area contributed by atoms with Crippen molar-refractivity contribution in [3.63, 3.8) is 0 Å². The summed E-state index contributed by atoms with van der Waals surface area (Å²) in [6, 6.07) is -0.829. The summed E-state index contributed by atoms with van der Waals surface area (Å²) >= 11 is 0. The van der Waals surface area contributed by atoms with Crippen molar-refractivity contribution in [3.8, 4) is 0 Å². The van der Waals surface area contributed by atoms with Crippen LogP contribution in [0.1, 0.15) is 26.2 Å². The molecular formula is C13H25N3O4. The summed E-state index contributed by atoms with van der Waals surface area (Å²) < 4.78 is 4.84. The number of hydrogen-bond acceptors (Lipinski definition) is 4. The smallest absolute Gasteiger partial charge is 0.326 e. The fourth-order valence-corrected chi connectivity index (χ4v) is 2.30. The van der Waals surface area contributed by atoms with E-state index in [1.54, 1.807) is 0 Å². The van der Waals surface area contributed by atoms with Gasteiger partial charge in [0, 0.05) is 38.8 Å². The summed E-state index contributed by atoms with van der Waals surface area (Å²) in [5, 5.41) is 14.4. The van der Waals surface area contributed by atoms with Gasteiger partial charge in [-0.1, -0.05) is 0 Å². The van der Waals surface area contributed by atoms with Gasteiger partial charge in [-0.05, 0) is 26.8 Å². The van der Waals surface area contributed by atoms with Gasteiger partial charge in [0.2, 0.25) is 0 Å². The van der Waals surface area contributed by atoms with Gasteiger partial charge in [-0.3, -0.25) is 0 Å². The van der Waals surface area contributed by atoms with E-state index in [0.29, 0.717) is 12.6 Å². The van der Waals surface area contributed by atoms with Crippen molar-refractivity contribution in [2.45, 2.75) is 44.3 Å². The summed E-state index contributed by atoms with van der Waals surface area (Å²) in [5.74, 6) is -1.05. The number of aliphatic carboxylic acids is 1. The normalized spacial score (nSPS) is 24.9. The monoisotopic (exact) mass is 287 g/mol. The molecular weight excluding hydrogens is 262 g/mol. The molecule has 0 aromatic carbocycles. The zero-order valence-electron chi connectivity index (χ0n) is 12.4. The molecule has 1 rings (SSSR count). The third-order valence-electron chi connectivity index (χ3n) is 3.76. The largest absolute Gasteiger partial charge is 0.480 e. The van der Waals surface area contributed by atoms with E-state index in [0.717, 1.165) is 19.4 Å². The van der Waals surface area contributed by atoms with E-state index in [1.807, 2.05) is 0 Å². The van der Waals surface area contributed by atoms with Crippen molar-refractivity contribution in [2.24, 2.45) is 0 Å². The minimum atomic E-state index is -1.05. The summed E-state index contributed by atoms with van der Waals surface area (Å²) in [6.45, 7) is 3.34. The molecule has 0 aromatic rings. The van der Waals surface area contributed by atoms with Crippen molar-refractivity contribution in [2.75, 3.05) is 27.3 Å². The first-order valence-electron chi connectivity index (χ1n) is 6.93. The molecule has 0 saturated carbocycles. The molecule has 3 N–H and O–H groups in total. The van der Waals surface area contributed by atoms with E-state index < -0.39 is 18.0 Å². The number of rotatable bonds is 6. The second-order valence-corrected chi connectivity index (χ2v) is 5.34. The maximum absolute atomic E-state index is 11.8. The van der Waals surface area contributed by atoms with Crippen LogP contribution in [0.25, 0.3) is 0 Å². The minimum Gasteiger partial charge on any atom is -0.480 e. The van der Waals surface area contributed by atoms with Crippen LogP contribution >= 0.6 is 0 Å². The predicted molar refractivity (Wildman–Crippen MR) is 74.7 cm³/mol. The molecule has 0 bridgehead atoms. The maximum Gasteiger partial charge on any atom is 0.326 e. The molecule has 0 aromatic heterocycles. The number of amides is 2. The number of carbonyl (C=O) groups is 2. The van der Waals surface area contributed by atoms with Gasteiger partial charge in [-0.2, -0.15) is 0 Å². The van der Waals surface area contributed by atoms with E-state index in [4.69, 9.17) is 9.84 Å². The van der Waals surface area contributed by atoms with Crippen molar-refractivity contribution >= 4 is 12.0 Å². The van der Waals surface area contributed by atoms with Crippen molar-refractivity contribution in [3.05, 3.63) is 0 Å². The lowest BCUT2D eigenvalue weighted by Gasteiger charge is -2.35. The first-order valence-corrected chi connectivity index (χ1v) is 6.93. The Morgan fingerprint density at radius 3 is 2.75 bits per heavy atom. The highest BCUT2D eigenvalue weighted by Crippen LogP contribution is 2.15. The average Bonchev–Trinajstić information content (AvgIpc) is 2.38. The summed E-state index contributed by atoms with van der Waals surface area (Å²) in [4.78, 5) is 25.1. The van der Waals surface area contributed by atoms with Crippen LogP contribution in [0.2, 0.25) is 0 Å². The lowest BCUT2D eigenvalue weighted by atomic mass is 9.99. The van der Waals surface area contributed by atoms with E-state index >= 15 is 0 Å². The van der Waals surface area contributed by atoms with Crippen LogP contribution in [0.15, 0.2) is 0 Å². The Balaban J connectivity index is 2.39. The average molecular weight is 287 g/mol. The molecule has 20 heavy (non-hydrogen) atoms. The van der Waals surface area contributed by atoms with E-state index in [1.165, 1.54) is 7.11 Å². The third kappa shape index (κ3) is 5.34. The van der Waals surface area contributed by atoms with Crippen LogP contribution in [0.4, 0.5) is 4.79 Å². The van der Waals surface area contributed by atoms with Gasteiger partial charge in [0.15, 0.2) is 0 Å². The van der Waals surface area contributed by atoms with Gasteiger partial charge in [0.05, 0.1) is 0 Å². The van der Waals surface area contributed by atoms with Crippen molar-refractivity contribution < 1.29 is 19.4 Å². The predicted octanol–water partition coefficient (Wildman–Crippen LogP) is 0.258. The first-order chi connectivity index (χ1) is 9.43. The Morgan fingerprint density at radius 2 is 2.20 bits per heavy atom. The molecule has 0 aliphatic carbocycles. The molecule has 116 valence electrons. The second kappa shape index (κ2) is 8.06. The fourth-order valence-electron chi connectivity index (χ4n) is 2.30. The number of methoxy groups -OCH3 is 1. The molecule has 1 aliphatic rings. The fraction of sp³-hybridized carbons (Fsp3) is 0.846. The summed E-state index contributed by atoms with van der Waals surface area (Å²) in [6.07, 6.45) is 2.01. The number of nitrogens with one attached hydrogen (secondary N) is 2. The quantitative estimate of drug-likeness (QED) is 0.652. The van der Waals surface area contributed by atoms with Crippen molar-refractivity contribution in [1.82, 2.24) is 15.5 Å². The van der Waals surface area contributed by atoms with Gasteiger partial charge in [-0.25, -0.2) is 9.59 Å². The van der Waals surface area contributed by atoms with Crippen LogP contribution < -0.4 is 10.6 Å². The van der Waals surface area contributed by atoms with Gasteiger partial charge in [0.1, 0.15) is 6.04 Å². The Morgan fingerprint density at radius 1 is 1.50 bits per heavy atom. The number of piperidine rings is 1. The molecule has 2 amide bonds. The molecule has 0 spiro atoms. The molecule has 1 heterocycles. The molecule has 1 aliphatic heterocycles. The number of ether oxygens (including phenoxy) is 1. The zero-order valence-corrected chi connectivity index (χ0v) is 12.4. The van der Waals surface area contributed by atoms with Crippen LogP contribution in [0.3, 0.4) is 0 Å². The van der Waals surface area contributed by atoms with Gasteiger partial charge in [0.25, 0.3) is 0 Å². The molecule has 3 atom stereocenters. The van der Waals surface area contributed by atoms with Gasteiger partial charge in [-0.15, -0.1) is 0 Å². The number of carboxylic acid groups (broad SMARTS) is 1. The van der Waals surface area contributed by atoms with E-state index in [-0.39, 0.29) is 12.5 Å². The number of carboxylic acids is 1. The van der Waals surface area contributed by atoms with Gasteiger partial charge < -0.3 is 25.4 Å². The van der Waals surface area contributed by atoms with Crippen molar-refractivity contribution in [1.29, 1.82) is 0 Å². The standard InChI is InChI=1S/C13H25N3O4/c1-9-8-10(4-6-16(9)2)14-13(19)15-11(12(17)18)5-7-20-3/h9-11H,4-8H2,1-3H3,(H,17,18)(H2,14,15,19). The molecule has 1 saturated heterocycles. The van der Waals surface area contributed by atoms with E-state index in [9.17, 15) is 9.59 Å². The number of hydrogen-bond donors (Lipinski definition) is 3. The Hall–Kier alpha value is -1.34. The number of likely N-dealkylation sites (tertiary alicyclic amines) is 1. The first kappa shape index (κ1) is 16.7. The second-order valence-electron chi connectivity index (χ2n) is 5.34. The maximum atomic E-state index is 11.8. The Bertz CT molecular complexity index is 338. The topological polar surface area (TPSA) is 90.9 Å².